The molecule has 2 heterocycles. The third kappa shape index (κ3) is 2.73. The summed E-state index contributed by atoms with van der Waals surface area (Å²) >= 11 is 0. The van der Waals surface area contributed by atoms with Crippen molar-refractivity contribution in [2.75, 3.05) is 13.1 Å². The lowest BCUT2D eigenvalue weighted by Gasteiger charge is -2.29. The SMILES string of the molecule is CCN1C(=O)C(C)=C(CC(C)(C)CN2C(=O)C=CC2=O)C1=O. The molecule has 0 spiro atoms. The van der Waals surface area contributed by atoms with Gasteiger partial charge in [0.1, 0.15) is 0 Å². The van der Waals surface area contributed by atoms with E-state index in [-0.39, 0.29) is 30.2 Å². The number of hydrogen-bond acceptors (Lipinski definition) is 4. The number of rotatable bonds is 5. The number of carbonyl (C=O) groups excluding carboxylic acids is 4. The summed E-state index contributed by atoms with van der Waals surface area (Å²) in [7, 11) is 0. The Morgan fingerprint density at radius 3 is 1.95 bits per heavy atom. The predicted octanol–water partition coefficient (Wildman–Crippen LogP) is 1.03. The topological polar surface area (TPSA) is 74.8 Å². The molecule has 2 aliphatic rings. The third-order valence-corrected chi connectivity index (χ3v) is 3.98. The van der Waals surface area contributed by atoms with Crippen LogP contribution in [0.15, 0.2) is 23.3 Å². The van der Waals surface area contributed by atoms with Gasteiger partial charge in [0.2, 0.25) is 0 Å². The van der Waals surface area contributed by atoms with Gasteiger partial charge in [-0.2, -0.15) is 0 Å². The van der Waals surface area contributed by atoms with Gasteiger partial charge < -0.3 is 0 Å². The highest BCUT2D eigenvalue weighted by Crippen LogP contribution is 2.33. The summed E-state index contributed by atoms with van der Waals surface area (Å²) in [4.78, 5) is 50.0. The molecule has 0 atom stereocenters. The Bertz CT molecular complexity index is 610. The average Bonchev–Trinajstić information content (AvgIpc) is 2.84. The van der Waals surface area contributed by atoms with Gasteiger partial charge in [-0.05, 0) is 25.7 Å². The van der Waals surface area contributed by atoms with E-state index >= 15 is 0 Å². The largest absolute Gasteiger partial charge is 0.275 e. The molecule has 0 aromatic carbocycles. The van der Waals surface area contributed by atoms with Gasteiger partial charge >= 0.3 is 0 Å². The predicted molar refractivity (Wildman–Crippen MR) is 79.4 cm³/mol. The summed E-state index contributed by atoms with van der Waals surface area (Å²) in [6.07, 6.45) is 2.83. The van der Waals surface area contributed by atoms with E-state index in [1.54, 1.807) is 13.8 Å². The zero-order valence-electron chi connectivity index (χ0n) is 13.3. The maximum Gasteiger partial charge on any atom is 0.257 e. The Labute approximate surface area is 129 Å². The molecule has 2 aliphatic heterocycles. The van der Waals surface area contributed by atoms with Gasteiger partial charge in [-0.3, -0.25) is 29.0 Å². The molecule has 0 aliphatic carbocycles. The lowest BCUT2D eigenvalue weighted by Crippen LogP contribution is -2.39. The number of carbonyl (C=O) groups is 4. The van der Waals surface area contributed by atoms with Crippen LogP contribution in [0.3, 0.4) is 0 Å². The van der Waals surface area contributed by atoms with Crippen LogP contribution in [0, 0.1) is 5.41 Å². The normalized spacial score (nSPS) is 19.3. The maximum atomic E-state index is 12.3. The van der Waals surface area contributed by atoms with Crippen LogP contribution in [0.1, 0.15) is 34.1 Å². The van der Waals surface area contributed by atoms with Crippen molar-refractivity contribution in [1.82, 2.24) is 9.80 Å². The summed E-state index contributed by atoms with van der Waals surface area (Å²) in [6, 6.07) is 0. The first kappa shape index (κ1) is 16.1. The molecule has 0 aromatic heterocycles. The van der Waals surface area contributed by atoms with Crippen LogP contribution in [-0.2, 0) is 19.2 Å². The van der Waals surface area contributed by atoms with Crippen molar-refractivity contribution in [2.45, 2.75) is 34.1 Å². The monoisotopic (exact) mass is 304 g/mol. The third-order valence-electron chi connectivity index (χ3n) is 3.98. The molecular formula is C16H20N2O4. The molecule has 0 fully saturated rings. The van der Waals surface area contributed by atoms with Crippen LogP contribution in [0.5, 0.6) is 0 Å². The quantitative estimate of drug-likeness (QED) is 0.711. The van der Waals surface area contributed by atoms with Gasteiger partial charge in [0.15, 0.2) is 0 Å². The molecule has 6 heteroatoms. The molecular weight excluding hydrogens is 284 g/mol. The smallest absolute Gasteiger partial charge is 0.257 e. The van der Waals surface area contributed by atoms with E-state index in [9.17, 15) is 19.2 Å². The van der Waals surface area contributed by atoms with E-state index < -0.39 is 5.41 Å². The Kier molecular flexibility index (Phi) is 4.04. The van der Waals surface area contributed by atoms with Gasteiger partial charge in [0.05, 0.1) is 0 Å². The summed E-state index contributed by atoms with van der Waals surface area (Å²) < 4.78 is 0. The molecule has 0 saturated carbocycles. The van der Waals surface area contributed by atoms with Crippen molar-refractivity contribution in [3.8, 4) is 0 Å². The standard InChI is InChI=1S/C16H20N2O4/c1-5-17-14(21)10(2)11(15(17)22)8-16(3,4)9-18-12(19)6-7-13(18)20/h6-7H,5,8-9H2,1-4H3. The number of likely N-dealkylation sites (N-methyl/N-ethyl adjacent to an activating group) is 1. The Morgan fingerprint density at radius 1 is 0.955 bits per heavy atom. The first-order chi connectivity index (χ1) is 10.2. The molecule has 0 N–H and O–H groups in total. The molecule has 6 nitrogen and oxygen atoms in total. The van der Waals surface area contributed by atoms with E-state index in [2.05, 4.69) is 0 Å². The number of hydrogen-bond donors (Lipinski definition) is 0. The Hall–Kier alpha value is -2.24. The molecule has 0 bridgehead atoms. The molecule has 0 aromatic rings. The molecule has 0 saturated heterocycles. The Balaban J connectivity index is 2.15. The number of imide groups is 2. The highest BCUT2D eigenvalue weighted by Gasteiger charge is 2.39. The maximum absolute atomic E-state index is 12.3. The second-order valence-corrected chi connectivity index (χ2v) is 6.40. The van der Waals surface area contributed by atoms with Crippen molar-refractivity contribution in [2.24, 2.45) is 5.41 Å². The van der Waals surface area contributed by atoms with Crippen molar-refractivity contribution in [1.29, 1.82) is 0 Å². The number of nitrogens with zero attached hydrogens (tertiary/aromatic N) is 2. The molecule has 2 rings (SSSR count). The second kappa shape index (κ2) is 5.51. The first-order valence-corrected chi connectivity index (χ1v) is 7.27. The van der Waals surface area contributed by atoms with Gasteiger partial charge in [0.25, 0.3) is 23.6 Å². The summed E-state index contributed by atoms with van der Waals surface area (Å²) in [5, 5.41) is 0. The van der Waals surface area contributed by atoms with Crippen LogP contribution in [-0.4, -0.2) is 46.5 Å². The van der Waals surface area contributed by atoms with Crippen LogP contribution >= 0.6 is 0 Å². The van der Waals surface area contributed by atoms with E-state index in [0.29, 0.717) is 24.1 Å². The van der Waals surface area contributed by atoms with E-state index in [4.69, 9.17) is 0 Å². The Morgan fingerprint density at radius 2 is 1.50 bits per heavy atom. The van der Waals surface area contributed by atoms with E-state index in [1.165, 1.54) is 17.1 Å². The molecule has 0 radical (unpaired) electrons. The molecule has 22 heavy (non-hydrogen) atoms. The number of amides is 4. The fraction of sp³-hybridized carbons (Fsp3) is 0.500. The molecule has 4 amide bonds. The van der Waals surface area contributed by atoms with Crippen LogP contribution in [0.25, 0.3) is 0 Å². The minimum absolute atomic E-state index is 0.210. The fourth-order valence-electron chi connectivity index (χ4n) is 2.79. The minimum atomic E-state index is -0.492. The first-order valence-electron chi connectivity index (χ1n) is 7.27. The zero-order valence-corrected chi connectivity index (χ0v) is 13.3. The summed E-state index contributed by atoms with van der Waals surface area (Å²) in [5.74, 6) is -1.20. The minimum Gasteiger partial charge on any atom is -0.275 e. The second-order valence-electron chi connectivity index (χ2n) is 6.40. The van der Waals surface area contributed by atoms with Crippen molar-refractivity contribution >= 4 is 23.6 Å². The summed E-state index contributed by atoms with van der Waals surface area (Å²) in [6.45, 7) is 7.70. The van der Waals surface area contributed by atoms with Crippen molar-refractivity contribution in [3.05, 3.63) is 23.3 Å². The lowest BCUT2D eigenvalue weighted by atomic mass is 9.84. The van der Waals surface area contributed by atoms with Crippen molar-refractivity contribution < 1.29 is 19.2 Å². The molecule has 0 unspecified atom stereocenters. The highest BCUT2D eigenvalue weighted by molar-refractivity contribution is 6.19. The van der Waals surface area contributed by atoms with E-state index in [1.807, 2.05) is 13.8 Å². The van der Waals surface area contributed by atoms with Gasteiger partial charge in [-0.15, -0.1) is 0 Å². The van der Waals surface area contributed by atoms with Gasteiger partial charge in [-0.1, -0.05) is 13.8 Å². The van der Waals surface area contributed by atoms with Crippen molar-refractivity contribution in [3.63, 3.8) is 0 Å². The van der Waals surface area contributed by atoms with Crippen LogP contribution in [0.4, 0.5) is 0 Å². The lowest BCUT2D eigenvalue weighted by molar-refractivity contribution is -0.138. The zero-order chi connectivity index (χ0) is 16.7. The van der Waals surface area contributed by atoms with Gasteiger partial charge in [-0.25, -0.2) is 0 Å². The average molecular weight is 304 g/mol. The molecule has 118 valence electrons. The van der Waals surface area contributed by atoms with Crippen LogP contribution < -0.4 is 0 Å². The fourth-order valence-corrected chi connectivity index (χ4v) is 2.79. The van der Waals surface area contributed by atoms with Crippen LogP contribution in [0.2, 0.25) is 0 Å². The van der Waals surface area contributed by atoms with E-state index in [0.717, 1.165) is 4.90 Å². The highest BCUT2D eigenvalue weighted by atomic mass is 16.2. The summed E-state index contributed by atoms with van der Waals surface area (Å²) in [5.41, 5.74) is 0.439. The van der Waals surface area contributed by atoms with Gasteiger partial charge in [0, 0.05) is 36.4 Å².